The maximum Gasteiger partial charge on any atom is 0.261 e. The van der Waals surface area contributed by atoms with Crippen molar-refractivity contribution in [2.24, 2.45) is 0 Å². The third-order valence-electron chi connectivity index (χ3n) is 5.34. The number of halogens is 2. The Kier molecular flexibility index (Phi) is 8.00. The normalized spacial score (nSPS) is 14.9. The van der Waals surface area contributed by atoms with Crippen LogP contribution in [0, 0.1) is 0 Å². The molecule has 1 aliphatic rings. The first kappa shape index (κ1) is 22.4. The minimum Gasteiger partial charge on any atom is -0.484 e. The Hall–Kier alpha value is -2.24. The van der Waals surface area contributed by atoms with Gasteiger partial charge in [-0.25, -0.2) is 0 Å². The van der Waals surface area contributed by atoms with E-state index >= 15 is 0 Å². The zero-order valence-electron chi connectivity index (χ0n) is 16.9. The van der Waals surface area contributed by atoms with Gasteiger partial charge < -0.3 is 15.0 Å². The smallest absolute Gasteiger partial charge is 0.261 e. The molecule has 3 rings (SSSR count). The number of nitrogens with zero attached hydrogens (tertiary/aromatic N) is 1. The van der Waals surface area contributed by atoms with Crippen LogP contribution in [0.15, 0.2) is 48.5 Å². The number of ether oxygens (including phenoxy) is 1. The average Bonchev–Trinajstić information content (AvgIpc) is 3.25. The van der Waals surface area contributed by atoms with E-state index in [9.17, 15) is 9.59 Å². The molecule has 0 aromatic heterocycles. The number of amides is 2. The standard InChI is InChI=1S/C23H26Cl2N2O3/c1-16(23(29)26-19-7-3-4-8-19)27(14-17-6-2-5-9-21(17)25)22(28)15-30-20-12-10-18(24)11-13-20/h2,5-6,9-13,16,19H,3-4,7-8,14-15H2,1H3,(H,26,29)/t16-/m0/s1. The van der Waals surface area contributed by atoms with Crippen molar-refractivity contribution in [3.05, 3.63) is 64.1 Å². The van der Waals surface area contributed by atoms with Gasteiger partial charge in [-0.2, -0.15) is 0 Å². The lowest BCUT2D eigenvalue weighted by molar-refractivity contribution is -0.142. The minimum absolute atomic E-state index is 0.159. The summed E-state index contributed by atoms with van der Waals surface area (Å²) >= 11 is 12.2. The molecule has 1 atom stereocenters. The monoisotopic (exact) mass is 448 g/mol. The number of rotatable bonds is 8. The topological polar surface area (TPSA) is 58.6 Å². The second-order valence-corrected chi connectivity index (χ2v) is 8.37. The molecule has 0 heterocycles. The Morgan fingerprint density at radius 1 is 1.10 bits per heavy atom. The summed E-state index contributed by atoms with van der Waals surface area (Å²) in [6.45, 7) is 1.77. The van der Waals surface area contributed by atoms with Crippen molar-refractivity contribution < 1.29 is 14.3 Å². The van der Waals surface area contributed by atoms with Gasteiger partial charge in [0.1, 0.15) is 11.8 Å². The largest absolute Gasteiger partial charge is 0.484 e. The second kappa shape index (κ2) is 10.7. The van der Waals surface area contributed by atoms with E-state index in [1.165, 1.54) is 4.90 Å². The molecule has 2 amide bonds. The van der Waals surface area contributed by atoms with Crippen LogP contribution in [0.25, 0.3) is 0 Å². The molecule has 5 nitrogen and oxygen atoms in total. The lowest BCUT2D eigenvalue weighted by atomic mass is 10.1. The number of carbonyl (C=O) groups excluding carboxylic acids is 2. The number of hydrogen-bond acceptors (Lipinski definition) is 3. The zero-order chi connectivity index (χ0) is 21.5. The highest BCUT2D eigenvalue weighted by atomic mass is 35.5. The summed E-state index contributed by atoms with van der Waals surface area (Å²) in [6, 6.07) is 13.6. The van der Waals surface area contributed by atoms with E-state index in [0.29, 0.717) is 15.8 Å². The summed E-state index contributed by atoms with van der Waals surface area (Å²) in [5.41, 5.74) is 0.777. The molecule has 160 valence electrons. The highest BCUT2D eigenvalue weighted by Crippen LogP contribution is 2.21. The Balaban J connectivity index is 1.71. The summed E-state index contributed by atoms with van der Waals surface area (Å²) in [4.78, 5) is 27.4. The number of benzene rings is 2. The first-order chi connectivity index (χ1) is 14.4. The van der Waals surface area contributed by atoms with E-state index in [4.69, 9.17) is 27.9 Å². The zero-order valence-corrected chi connectivity index (χ0v) is 18.5. The van der Waals surface area contributed by atoms with E-state index in [1.54, 1.807) is 37.3 Å². The SMILES string of the molecule is C[C@@H](C(=O)NC1CCCC1)N(Cc1ccccc1Cl)C(=O)COc1ccc(Cl)cc1. The Morgan fingerprint density at radius 3 is 2.43 bits per heavy atom. The summed E-state index contributed by atoms with van der Waals surface area (Å²) in [7, 11) is 0. The number of hydrogen-bond donors (Lipinski definition) is 1. The molecule has 1 saturated carbocycles. The summed E-state index contributed by atoms with van der Waals surface area (Å²) in [5, 5.41) is 4.22. The number of carbonyl (C=O) groups is 2. The first-order valence-electron chi connectivity index (χ1n) is 10.2. The van der Waals surface area contributed by atoms with E-state index < -0.39 is 6.04 Å². The lowest BCUT2D eigenvalue weighted by Crippen LogP contribution is -2.50. The van der Waals surface area contributed by atoms with Crippen molar-refractivity contribution in [3.63, 3.8) is 0 Å². The van der Waals surface area contributed by atoms with Gasteiger partial charge in [0.25, 0.3) is 5.91 Å². The quantitative estimate of drug-likeness (QED) is 0.627. The van der Waals surface area contributed by atoms with Crippen LogP contribution in [0.2, 0.25) is 10.0 Å². The fraction of sp³-hybridized carbons (Fsp3) is 0.391. The molecule has 2 aromatic carbocycles. The second-order valence-electron chi connectivity index (χ2n) is 7.52. The summed E-state index contributed by atoms with van der Waals surface area (Å²) in [6.07, 6.45) is 4.21. The van der Waals surface area contributed by atoms with Crippen molar-refractivity contribution in [1.29, 1.82) is 0 Å². The number of nitrogens with one attached hydrogen (secondary N) is 1. The van der Waals surface area contributed by atoms with Gasteiger partial charge in [-0.3, -0.25) is 9.59 Å². The third-order valence-corrected chi connectivity index (χ3v) is 5.96. The van der Waals surface area contributed by atoms with Gasteiger partial charge in [0.05, 0.1) is 0 Å². The molecule has 0 unspecified atom stereocenters. The van der Waals surface area contributed by atoms with Crippen LogP contribution in [-0.4, -0.2) is 35.4 Å². The molecule has 7 heteroatoms. The molecule has 0 spiro atoms. The lowest BCUT2D eigenvalue weighted by Gasteiger charge is -2.30. The van der Waals surface area contributed by atoms with Gasteiger partial charge in [0, 0.05) is 22.6 Å². The molecular formula is C23H26Cl2N2O3. The van der Waals surface area contributed by atoms with Crippen LogP contribution in [0.3, 0.4) is 0 Å². The fourth-order valence-electron chi connectivity index (χ4n) is 3.54. The first-order valence-corrected chi connectivity index (χ1v) is 10.9. The van der Waals surface area contributed by atoms with Crippen LogP contribution >= 0.6 is 23.2 Å². The highest BCUT2D eigenvalue weighted by molar-refractivity contribution is 6.31. The fourth-order valence-corrected chi connectivity index (χ4v) is 3.86. The van der Waals surface area contributed by atoms with Gasteiger partial charge in [-0.15, -0.1) is 0 Å². The third kappa shape index (κ3) is 6.13. The van der Waals surface area contributed by atoms with Gasteiger partial charge in [0.15, 0.2) is 6.61 Å². The minimum atomic E-state index is -0.650. The van der Waals surface area contributed by atoms with Crippen molar-refractivity contribution in [2.75, 3.05) is 6.61 Å². The molecular weight excluding hydrogens is 423 g/mol. The Labute approximate surface area is 187 Å². The molecule has 0 bridgehead atoms. The van der Waals surface area contributed by atoms with Crippen molar-refractivity contribution in [3.8, 4) is 5.75 Å². The summed E-state index contributed by atoms with van der Waals surface area (Å²) in [5.74, 6) is 0.0845. The van der Waals surface area contributed by atoms with Crippen LogP contribution in [0.5, 0.6) is 5.75 Å². The van der Waals surface area contributed by atoms with Crippen LogP contribution in [-0.2, 0) is 16.1 Å². The highest BCUT2D eigenvalue weighted by Gasteiger charge is 2.29. The predicted octanol–water partition coefficient (Wildman–Crippen LogP) is 4.85. The molecule has 30 heavy (non-hydrogen) atoms. The maximum absolute atomic E-state index is 13.0. The van der Waals surface area contributed by atoms with Gasteiger partial charge in [-0.1, -0.05) is 54.2 Å². The average molecular weight is 449 g/mol. The maximum atomic E-state index is 13.0. The molecule has 0 radical (unpaired) electrons. The van der Waals surface area contributed by atoms with Gasteiger partial charge >= 0.3 is 0 Å². The van der Waals surface area contributed by atoms with E-state index in [1.807, 2.05) is 18.2 Å². The van der Waals surface area contributed by atoms with Crippen LogP contribution < -0.4 is 10.1 Å². The van der Waals surface area contributed by atoms with Crippen molar-refractivity contribution >= 4 is 35.0 Å². The molecule has 2 aromatic rings. The molecule has 0 aliphatic heterocycles. The molecule has 1 aliphatic carbocycles. The van der Waals surface area contributed by atoms with E-state index in [0.717, 1.165) is 31.2 Å². The Morgan fingerprint density at radius 2 is 1.77 bits per heavy atom. The predicted molar refractivity (Wildman–Crippen MR) is 119 cm³/mol. The van der Waals surface area contributed by atoms with Crippen LogP contribution in [0.1, 0.15) is 38.2 Å². The molecule has 1 fully saturated rings. The van der Waals surface area contributed by atoms with Crippen molar-refractivity contribution in [1.82, 2.24) is 10.2 Å². The Bertz CT molecular complexity index is 867. The van der Waals surface area contributed by atoms with Gasteiger partial charge in [0.2, 0.25) is 5.91 Å². The van der Waals surface area contributed by atoms with Gasteiger partial charge in [-0.05, 0) is 55.7 Å². The van der Waals surface area contributed by atoms with Crippen molar-refractivity contribution in [2.45, 2.75) is 51.2 Å². The van der Waals surface area contributed by atoms with Crippen LogP contribution in [0.4, 0.5) is 0 Å². The van der Waals surface area contributed by atoms with E-state index in [2.05, 4.69) is 5.32 Å². The summed E-state index contributed by atoms with van der Waals surface area (Å²) < 4.78 is 5.62. The molecule has 1 N–H and O–H groups in total. The van der Waals surface area contributed by atoms with E-state index in [-0.39, 0.29) is 31.0 Å². The molecule has 0 saturated heterocycles.